The second-order valence-corrected chi connectivity index (χ2v) is 4.89. The highest BCUT2D eigenvalue weighted by Gasteiger charge is 2.22. The maximum Gasteiger partial charge on any atom is 0.122 e. The molecule has 0 aromatic carbocycles. The van der Waals surface area contributed by atoms with Gasteiger partial charge in [0, 0.05) is 38.1 Å². The summed E-state index contributed by atoms with van der Waals surface area (Å²) < 4.78 is 2.25. The van der Waals surface area contributed by atoms with Crippen LogP contribution < -0.4 is 5.73 Å². The van der Waals surface area contributed by atoms with Crippen molar-refractivity contribution in [3.63, 3.8) is 0 Å². The van der Waals surface area contributed by atoms with E-state index in [1.807, 2.05) is 6.20 Å². The molecule has 4 heteroatoms. The van der Waals surface area contributed by atoms with E-state index >= 15 is 0 Å². The van der Waals surface area contributed by atoms with E-state index in [0.29, 0.717) is 6.04 Å². The van der Waals surface area contributed by atoms with Crippen molar-refractivity contribution in [2.45, 2.75) is 51.7 Å². The third kappa shape index (κ3) is 3.07. The number of hydrogen-bond acceptors (Lipinski definition) is 3. The first kappa shape index (κ1) is 12.6. The minimum Gasteiger partial charge on any atom is -0.333 e. The highest BCUT2D eigenvalue weighted by Crippen LogP contribution is 2.16. The first-order valence-electron chi connectivity index (χ1n) is 6.79. The third-order valence-corrected chi connectivity index (χ3v) is 3.70. The Morgan fingerprint density at radius 3 is 3.06 bits per heavy atom. The largest absolute Gasteiger partial charge is 0.333 e. The quantitative estimate of drug-likeness (QED) is 0.763. The molecular weight excluding hydrogens is 212 g/mol. The fourth-order valence-corrected chi connectivity index (χ4v) is 2.58. The van der Waals surface area contributed by atoms with Gasteiger partial charge in [0.2, 0.25) is 0 Å². The molecule has 2 heterocycles. The molecule has 0 aliphatic carbocycles. The molecule has 0 bridgehead atoms. The average molecular weight is 236 g/mol. The number of rotatable bonds is 6. The second-order valence-electron chi connectivity index (χ2n) is 4.89. The van der Waals surface area contributed by atoms with Crippen LogP contribution in [0.15, 0.2) is 12.4 Å². The van der Waals surface area contributed by atoms with Crippen molar-refractivity contribution in [3.8, 4) is 0 Å². The molecule has 2 rings (SSSR count). The number of nitrogens with two attached hydrogens (primary N) is 1. The molecule has 4 nitrogen and oxygen atoms in total. The molecule has 0 radical (unpaired) electrons. The minimum atomic E-state index is 0.534. The van der Waals surface area contributed by atoms with Gasteiger partial charge in [-0.25, -0.2) is 4.98 Å². The van der Waals surface area contributed by atoms with E-state index in [9.17, 15) is 0 Å². The summed E-state index contributed by atoms with van der Waals surface area (Å²) in [6.45, 7) is 6.14. The Labute approximate surface area is 104 Å². The van der Waals surface area contributed by atoms with Crippen molar-refractivity contribution < 1.29 is 0 Å². The Morgan fingerprint density at radius 2 is 2.29 bits per heavy atom. The first-order chi connectivity index (χ1) is 8.35. The number of aromatic nitrogens is 2. The van der Waals surface area contributed by atoms with Crippen LogP contribution in [0.2, 0.25) is 0 Å². The SMILES string of the molecule is CCCCCC(CN)N1CCn2ccnc2C1. The van der Waals surface area contributed by atoms with Crippen molar-refractivity contribution in [1.29, 1.82) is 0 Å². The van der Waals surface area contributed by atoms with E-state index in [0.717, 1.165) is 26.2 Å². The zero-order chi connectivity index (χ0) is 12.1. The number of nitrogens with zero attached hydrogens (tertiary/aromatic N) is 3. The highest BCUT2D eigenvalue weighted by atomic mass is 15.3. The molecule has 1 aliphatic heterocycles. The number of unbranched alkanes of at least 4 members (excludes halogenated alkanes) is 2. The van der Waals surface area contributed by atoms with Crippen LogP contribution in [-0.4, -0.2) is 33.6 Å². The fourth-order valence-electron chi connectivity index (χ4n) is 2.58. The van der Waals surface area contributed by atoms with Crippen molar-refractivity contribution in [2.24, 2.45) is 5.73 Å². The highest BCUT2D eigenvalue weighted by molar-refractivity contribution is 4.96. The summed E-state index contributed by atoms with van der Waals surface area (Å²) in [5.41, 5.74) is 5.91. The van der Waals surface area contributed by atoms with Gasteiger partial charge in [-0.1, -0.05) is 26.2 Å². The molecule has 0 spiro atoms. The smallest absolute Gasteiger partial charge is 0.122 e. The predicted octanol–water partition coefficient (Wildman–Crippen LogP) is 1.61. The molecule has 1 aromatic rings. The summed E-state index contributed by atoms with van der Waals surface area (Å²) in [6.07, 6.45) is 9.09. The van der Waals surface area contributed by atoms with Gasteiger partial charge in [0.25, 0.3) is 0 Å². The summed E-state index contributed by atoms with van der Waals surface area (Å²) in [7, 11) is 0. The molecule has 17 heavy (non-hydrogen) atoms. The standard InChI is InChI=1S/C13H24N4/c1-2-3-4-5-12(10-14)17-9-8-16-7-6-15-13(16)11-17/h6-7,12H,2-5,8-11,14H2,1H3. The maximum absolute atomic E-state index is 5.91. The Kier molecular flexibility index (Phi) is 4.57. The summed E-state index contributed by atoms with van der Waals surface area (Å²) in [6, 6.07) is 0.534. The minimum absolute atomic E-state index is 0.534. The van der Waals surface area contributed by atoms with Crippen molar-refractivity contribution in [2.75, 3.05) is 13.1 Å². The first-order valence-corrected chi connectivity index (χ1v) is 6.79. The van der Waals surface area contributed by atoms with E-state index in [1.165, 1.54) is 31.5 Å². The lowest BCUT2D eigenvalue weighted by Crippen LogP contribution is -2.44. The third-order valence-electron chi connectivity index (χ3n) is 3.70. The van der Waals surface area contributed by atoms with Crippen LogP contribution in [0.1, 0.15) is 38.4 Å². The normalized spacial score (nSPS) is 18.0. The zero-order valence-electron chi connectivity index (χ0n) is 10.8. The van der Waals surface area contributed by atoms with Crippen molar-refractivity contribution in [3.05, 3.63) is 18.2 Å². The van der Waals surface area contributed by atoms with Gasteiger partial charge in [0.1, 0.15) is 5.82 Å². The van der Waals surface area contributed by atoms with Gasteiger partial charge in [0.05, 0.1) is 6.54 Å². The molecule has 1 aliphatic rings. The maximum atomic E-state index is 5.91. The molecule has 96 valence electrons. The topological polar surface area (TPSA) is 47.1 Å². The molecule has 1 unspecified atom stereocenters. The fraction of sp³-hybridized carbons (Fsp3) is 0.769. The van der Waals surface area contributed by atoms with Crippen LogP contribution >= 0.6 is 0 Å². The zero-order valence-corrected chi connectivity index (χ0v) is 10.8. The lowest BCUT2D eigenvalue weighted by Gasteiger charge is -2.34. The van der Waals surface area contributed by atoms with E-state index in [2.05, 4.69) is 27.6 Å². The van der Waals surface area contributed by atoms with Crippen molar-refractivity contribution >= 4 is 0 Å². The van der Waals surface area contributed by atoms with Gasteiger partial charge < -0.3 is 10.3 Å². The van der Waals surface area contributed by atoms with Gasteiger partial charge >= 0.3 is 0 Å². The molecule has 2 N–H and O–H groups in total. The molecule has 0 saturated heterocycles. The van der Waals surface area contributed by atoms with Crippen LogP contribution in [0.5, 0.6) is 0 Å². The van der Waals surface area contributed by atoms with Crippen LogP contribution in [0, 0.1) is 0 Å². The summed E-state index contributed by atoms with van der Waals surface area (Å²) >= 11 is 0. The molecule has 0 amide bonds. The van der Waals surface area contributed by atoms with Gasteiger partial charge in [-0.15, -0.1) is 0 Å². The predicted molar refractivity (Wildman–Crippen MR) is 69.6 cm³/mol. The molecule has 0 fully saturated rings. The van der Waals surface area contributed by atoms with Crippen molar-refractivity contribution in [1.82, 2.24) is 14.5 Å². The molecule has 1 atom stereocenters. The van der Waals surface area contributed by atoms with Gasteiger partial charge in [0.15, 0.2) is 0 Å². The Hall–Kier alpha value is -0.870. The van der Waals surface area contributed by atoms with Crippen LogP contribution in [0.3, 0.4) is 0 Å². The van der Waals surface area contributed by atoms with E-state index in [4.69, 9.17) is 5.73 Å². The van der Waals surface area contributed by atoms with Crippen LogP contribution in [0.25, 0.3) is 0 Å². The van der Waals surface area contributed by atoms with Crippen LogP contribution in [-0.2, 0) is 13.1 Å². The van der Waals surface area contributed by atoms with E-state index in [1.54, 1.807) is 0 Å². The summed E-state index contributed by atoms with van der Waals surface area (Å²) in [5, 5.41) is 0. The monoisotopic (exact) mass is 236 g/mol. The Morgan fingerprint density at radius 1 is 1.41 bits per heavy atom. The van der Waals surface area contributed by atoms with Gasteiger partial charge in [-0.2, -0.15) is 0 Å². The lowest BCUT2D eigenvalue weighted by atomic mass is 10.1. The van der Waals surface area contributed by atoms with Gasteiger partial charge in [-0.3, -0.25) is 4.90 Å². The number of fused-ring (bicyclic) bond motifs is 1. The molecular formula is C13H24N4. The lowest BCUT2D eigenvalue weighted by molar-refractivity contribution is 0.146. The molecule has 0 saturated carbocycles. The van der Waals surface area contributed by atoms with Crippen LogP contribution in [0.4, 0.5) is 0 Å². The number of imidazole rings is 1. The summed E-state index contributed by atoms with van der Waals surface area (Å²) in [4.78, 5) is 6.90. The number of hydrogen-bond donors (Lipinski definition) is 1. The second kappa shape index (κ2) is 6.17. The Bertz CT molecular complexity index is 334. The van der Waals surface area contributed by atoms with Gasteiger partial charge in [-0.05, 0) is 6.42 Å². The summed E-state index contributed by atoms with van der Waals surface area (Å²) in [5.74, 6) is 1.19. The van der Waals surface area contributed by atoms with E-state index < -0.39 is 0 Å². The Balaban J connectivity index is 1.88. The average Bonchev–Trinajstić information content (AvgIpc) is 2.82. The van der Waals surface area contributed by atoms with E-state index in [-0.39, 0.29) is 0 Å². The molecule has 1 aromatic heterocycles.